The summed E-state index contributed by atoms with van der Waals surface area (Å²) in [4.78, 5) is 14.1. The molecule has 1 saturated heterocycles. The molecular weight excluding hydrogens is 584 g/mol. The summed E-state index contributed by atoms with van der Waals surface area (Å²) >= 11 is 6.70. The number of likely N-dealkylation sites (tertiary alicyclic amines) is 1. The first-order valence-electron chi connectivity index (χ1n) is 15.2. The number of halogens is 1. The normalized spacial score (nSPS) is 16.3. The van der Waals surface area contributed by atoms with E-state index in [-0.39, 0.29) is 13.2 Å². The van der Waals surface area contributed by atoms with Crippen LogP contribution in [0.15, 0.2) is 48.5 Å². The number of carbonyl (C=O) groups is 1. The summed E-state index contributed by atoms with van der Waals surface area (Å²) in [5.74, 6) is 1.37. The Balaban J connectivity index is 1.33. The van der Waals surface area contributed by atoms with Gasteiger partial charge in [-0.3, -0.25) is 15.0 Å². The second-order valence-corrected chi connectivity index (χ2v) is 11.9. The van der Waals surface area contributed by atoms with Crippen molar-refractivity contribution in [3.63, 3.8) is 0 Å². The number of piperidine rings is 1. The number of fused-ring (bicyclic) bond motifs is 1. The number of aliphatic carboxylic acids is 1. The first-order valence-corrected chi connectivity index (χ1v) is 15.5. The molecule has 44 heavy (non-hydrogen) atoms. The van der Waals surface area contributed by atoms with Crippen molar-refractivity contribution in [2.75, 3.05) is 46.1 Å². The number of carboxylic acid groups (broad SMARTS) is 1. The van der Waals surface area contributed by atoms with Crippen LogP contribution in [0.2, 0.25) is 5.02 Å². The summed E-state index contributed by atoms with van der Waals surface area (Å²) in [7, 11) is 0. The number of nitrogens with zero attached hydrogens (tertiary/aromatic N) is 1. The van der Waals surface area contributed by atoms with Crippen LogP contribution in [-0.2, 0) is 17.9 Å². The van der Waals surface area contributed by atoms with Crippen molar-refractivity contribution in [1.29, 1.82) is 0 Å². The van der Waals surface area contributed by atoms with Crippen LogP contribution < -0.4 is 24.3 Å². The van der Waals surface area contributed by atoms with Crippen LogP contribution in [0.4, 0.5) is 0 Å². The van der Waals surface area contributed by atoms with Crippen molar-refractivity contribution in [3.05, 3.63) is 70.2 Å². The maximum Gasteiger partial charge on any atom is 0.326 e. The fourth-order valence-electron chi connectivity index (χ4n) is 5.44. The minimum absolute atomic E-state index is 0.138. The Labute approximate surface area is 263 Å². The number of aliphatic hydroxyl groups excluding tert-OH is 1. The molecule has 2 heterocycles. The van der Waals surface area contributed by atoms with Crippen LogP contribution in [0.3, 0.4) is 0 Å². The van der Waals surface area contributed by atoms with Crippen LogP contribution in [-0.4, -0.2) is 72.7 Å². The summed E-state index contributed by atoms with van der Waals surface area (Å²) < 4.78 is 24.0. The molecule has 9 nitrogen and oxygen atoms in total. The highest BCUT2D eigenvalue weighted by Crippen LogP contribution is 2.37. The Hall–Kier alpha value is -3.50. The van der Waals surface area contributed by atoms with Gasteiger partial charge in [-0.05, 0) is 80.2 Å². The topological polar surface area (TPSA) is 110 Å². The summed E-state index contributed by atoms with van der Waals surface area (Å²) in [6.45, 7) is 7.83. The molecule has 3 aromatic carbocycles. The average Bonchev–Trinajstić information content (AvgIpc) is 3.04. The third-order valence-corrected chi connectivity index (χ3v) is 8.66. The number of hydrogen-bond acceptors (Lipinski definition) is 8. The lowest BCUT2D eigenvalue weighted by atomic mass is 9.96. The van der Waals surface area contributed by atoms with Crippen LogP contribution >= 0.6 is 11.6 Å². The molecule has 0 bridgehead atoms. The van der Waals surface area contributed by atoms with Gasteiger partial charge in [0.15, 0.2) is 11.5 Å². The van der Waals surface area contributed by atoms with Gasteiger partial charge < -0.3 is 29.2 Å². The number of nitrogens with one attached hydrogen (secondary N) is 1. The van der Waals surface area contributed by atoms with E-state index in [1.165, 1.54) is 26.2 Å². The predicted octanol–water partition coefficient (Wildman–Crippen LogP) is 5.46. The van der Waals surface area contributed by atoms with Crippen LogP contribution in [0, 0.1) is 6.92 Å². The van der Waals surface area contributed by atoms with Gasteiger partial charge in [-0.15, -0.1) is 0 Å². The molecule has 3 aromatic rings. The minimum atomic E-state index is -1.51. The summed E-state index contributed by atoms with van der Waals surface area (Å²) in [5.41, 5.74) is 3.36. The molecule has 2 aliphatic rings. The van der Waals surface area contributed by atoms with Crippen molar-refractivity contribution in [1.82, 2.24) is 10.2 Å². The number of hydrogen-bond donors (Lipinski definition) is 3. The fourth-order valence-corrected chi connectivity index (χ4v) is 5.68. The predicted molar refractivity (Wildman–Crippen MR) is 169 cm³/mol. The van der Waals surface area contributed by atoms with Gasteiger partial charge in [-0.25, -0.2) is 0 Å². The SMILES string of the molecule is Cc1c(COc2cc(OCCN3CCCCC3)c(CNC(C)(CO)C(=O)O)cc2Cl)cccc1-c1ccc2c(c1)OCCO2. The number of benzene rings is 3. The van der Waals surface area contributed by atoms with E-state index in [9.17, 15) is 15.0 Å². The van der Waals surface area contributed by atoms with Crippen LogP contribution in [0.25, 0.3) is 11.1 Å². The molecule has 1 atom stereocenters. The summed E-state index contributed by atoms with van der Waals surface area (Å²) in [6.07, 6.45) is 3.65. The molecule has 5 rings (SSSR count). The van der Waals surface area contributed by atoms with E-state index in [0.29, 0.717) is 41.9 Å². The van der Waals surface area contributed by atoms with E-state index in [1.54, 1.807) is 12.1 Å². The van der Waals surface area contributed by atoms with Crippen molar-refractivity contribution in [3.8, 4) is 34.1 Å². The molecule has 3 N–H and O–H groups in total. The molecule has 0 amide bonds. The highest BCUT2D eigenvalue weighted by atomic mass is 35.5. The third-order valence-electron chi connectivity index (χ3n) is 8.37. The molecule has 0 aliphatic carbocycles. The fraction of sp³-hybridized carbons (Fsp3) is 0.441. The Morgan fingerprint density at radius 3 is 2.52 bits per heavy atom. The Kier molecular flexibility index (Phi) is 10.5. The van der Waals surface area contributed by atoms with Crippen molar-refractivity contribution >= 4 is 17.6 Å². The zero-order valence-electron chi connectivity index (χ0n) is 25.4. The van der Waals surface area contributed by atoms with Gasteiger partial charge in [-0.1, -0.05) is 42.3 Å². The zero-order chi connectivity index (χ0) is 31.1. The van der Waals surface area contributed by atoms with Crippen molar-refractivity contribution in [2.45, 2.75) is 51.8 Å². The van der Waals surface area contributed by atoms with Gasteiger partial charge in [0.05, 0.1) is 11.6 Å². The minimum Gasteiger partial charge on any atom is -0.492 e. The van der Waals surface area contributed by atoms with E-state index >= 15 is 0 Å². The van der Waals surface area contributed by atoms with Crippen molar-refractivity contribution in [2.24, 2.45) is 0 Å². The smallest absolute Gasteiger partial charge is 0.326 e. The van der Waals surface area contributed by atoms with Gasteiger partial charge in [0.1, 0.15) is 43.5 Å². The lowest BCUT2D eigenvalue weighted by molar-refractivity contribution is -0.145. The second-order valence-electron chi connectivity index (χ2n) is 11.5. The highest BCUT2D eigenvalue weighted by molar-refractivity contribution is 6.32. The number of aliphatic hydroxyl groups is 1. The molecule has 1 fully saturated rings. The third kappa shape index (κ3) is 7.58. The summed E-state index contributed by atoms with van der Waals surface area (Å²) in [5, 5.41) is 22.6. The highest BCUT2D eigenvalue weighted by Gasteiger charge is 2.32. The summed E-state index contributed by atoms with van der Waals surface area (Å²) in [6, 6.07) is 15.6. The first kappa shape index (κ1) is 31.9. The lowest BCUT2D eigenvalue weighted by Gasteiger charge is -2.27. The number of ether oxygens (including phenoxy) is 4. The number of carboxylic acids is 1. The van der Waals surface area contributed by atoms with E-state index in [4.69, 9.17) is 30.5 Å². The molecule has 0 saturated carbocycles. The van der Waals surface area contributed by atoms with Gasteiger partial charge in [-0.2, -0.15) is 0 Å². The first-order chi connectivity index (χ1) is 21.3. The molecule has 236 valence electrons. The van der Waals surface area contributed by atoms with Crippen LogP contribution in [0.1, 0.15) is 42.9 Å². The Morgan fingerprint density at radius 1 is 1.00 bits per heavy atom. The molecule has 0 aromatic heterocycles. The van der Waals surface area contributed by atoms with E-state index in [0.717, 1.165) is 53.4 Å². The Morgan fingerprint density at radius 2 is 1.77 bits per heavy atom. The monoisotopic (exact) mass is 624 g/mol. The molecule has 1 unspecified atom stereocenters. The molecular formula is C34H41ClN2O7. The lowest BCUT2D eigenvalue weighted by Crippen LogP contribution is -2.52. The van der Waals surface area contributed by atoms with Gasteiger partial charge >= 0.3 is 5.97 Å². The van der Waals surface area contributed by atoms with Gasteiger partial charge in [0.25, 0.3) is 0 Å². The Bertz CT molecular complexity index is 1460. The maximum absolute atomic E-state index is 11.7. The van der Waals surface area contributed by atoms with Crippen molar-refractivity contribution < 1.29 is 34.0 Å². The van der Waals surface area contributed by atoms with Gasteiger partial charge in [0.2, 0.25) is 0 Å². The molecule has 10 heteroatoms. The molecule has 0 radical (unpaired) electrons. The quantitative estimate of drug-likeness (QED) is 0.228. The van der Waals surface area contributed by atoms with Crippen LogP contribution in [0.5, 0.6) is 23.0 Å². The molecule has 2 aliphatic heterocycles. The van der Waals surface area contributed by atoms with Gasteiger partial charge in [0, 0.05) is 24.7 Å². The second kappa shape index (κ2) is 14.5. The standard InChI is InChI=1S/C34H41ClN2O7/c1-23-25(7-6-8-27(23)24-9-10-29-32(18-24)43-16-15-42-29)21-44-31-19-30(41-14-13-37-11-4-3-5-12-37)26(17-28(31)35)20-36-34(2,22-38)33(39)40/h6-10,17-19,36,38H,3-5,11-16,20-22H2,1-2H3,(H,39,40). The van der Waals surface area contributed by atoms with E-state index in [2.05, 4.69) is 23.2 Å². The van der Waals surface area contributed by atoms with E-state index in [1.807, 2.05) is 30.3 Å². The van der Waals surface area contributed by atoms with E-state index < -0.39 is 18.1 Å². The number of rotatable bonds is 13. The zero-order valence-corrected chi connectivity index (χ0v) is 26.1. The average molecular weight is 625 g/mol. The maximum atomic E-state index is 11.7. The molecule has 0 spiro atoms. The largest absolute Gasteiger partial charge is 0.492 e.